The van der Waals surface area contributed by atoms with Crippen LogP contribution in [0.4, 0.5) is 11.4 Å². The van der Waals surface area contributed by atoms with Gasteiger partial charge in [0, 0.05) is 25.1 Å². The number of nitrogens with one attached hydrogen (secondary N) is 1. The van der Waals surface area contributed by atoms with Gasteiger partial charge < -0.3 is 9.73 Å². The number of hydrogen-bond acceptors (Lipinski definition) is 5. The van der Waals surface area contributed by atoms with Gasteiger partial charge in [-0.3, -0.25) is 10.1 Å². The van der Waals surface area contributed by atoms with Crippen molar-refractivity contribution in [3.63, 3.8) is 0 Å². The zero-order chi connectivity index (χ0) is 13.7. The molecule has 2 rings (SSSR count). The largest absolute Gasteiger partial charge is 0.469 e. The Morgan fingerprint density at radius 2 is 2.26 bits per heavy atom. The summed E-state index contributed by atoms with van der Waals surface area (Å²) in [6, 6.07) is 9.79. The van der Waals surface area contributed by atoms with Crippen LogP contribution in [0.5, 0.6) is 0 Å². The summed E-state index contributed by atoms with van der Waals surface area (Å²) in [6.45, 7) is 0.583. The Labute approximate surface area is 109 Å². The fourth-order valence-electron chi connectivity index (χ4n) is 1.67. The summed E-state index contributed by atoms with van der Waals surface area (Å²) in [6.07, 6.45) is 2.27. The number of nitrogens with zero attached hydrogens (tertiary/aromatic N) is 2. The summed E-state index contributed by atoms with van der Waals surface area (Å²) >= 11 is 0. The number of anilines is 1. The van der Waals surface area contributed by atoms with Gasteiger partial charge in [0.15, 0.2) is 0 Å². The van der Waals surface area contributed by atoms with Gasteiger partial charge >= 0.3 is 0 Å². The Kier molecular flexibility index (Phi) is 3.78. The molecule has 0 saturated carbocycles. The molecular formula is C13H11N3O3. The standard InChI is InChI=1S/C13H11N3O3/c14-9-10-8-11(16(17)18)3-4-13(10)15-6-5-12-2-1-7-19-12/h1-4,7-8,15H,5-6H2. The Bertz CT molecular complexity index is 615. The molecule has 0 radical (unpaired) electrons. The van der Waals surface area contributed by atoms with Crippen LogP contribution in [0.25, 0.3) is 0 Å². The van der Waals surface area contributed by atoms with Gasteiger partial charge in [-0.2, -0.15) is 5.26 Å². The van der Waals surface area contributed by atoms with E-state index < -0.39 is 4.92 Å². The molecule has 0 aliphatic rings. The van der Waals surface area contributed by atoms with E-state index in [-0.39, 0.29) is 11.3 Å². The highest BCUT2D eigenvalue weighted by Crippen LogP contribution is 2.21. The van der Waals surface area contributed by atoms with Crippen LogP contribution < -0.4 is 5.32 Å². The summed E-state index contributed by atoms with van der Waals surface area (Å²) in [7, 11) is 0. The monoisotopic (exact) mass is 257 g/mol. The third-order valence-electron chi connectivity index (χ3n) is 2.60. The Morgan fingerprint density at radius 1 is 1.42 bits per heavy atom. The number of rotatable bonds is 5. The molecule has 1 aromatic carbocycles. The lowest BCUT2D eigenvalue weighted by Crippen LogP contribution is -2.06. The first-order valence-electron chi connectivity index (χ1n) is 5.65. The van der Waals surface area contributed by atoms with Crippen molar-refractivity contribution in [3.8, 4) is 6.07 Å². The lowest BCUT2D eigenvalue weighted by molar-refractivity contribution is -0.384. The number of non-ortho nitro benzene ring substituents is 1. The number of nitro groups is 1. The van der Waals surface area contributed by atoms with Crippen molar-refractivity contribution in [1.82, 2.24) is 0 Å². The predicted molar refractivity (Wildman–Crippen MR) is 68.7 cm³/mol. The third-order valence-corrected chi connectivity index (χ3v) is 2.60. The van der Waals surface area contributed by atoms with E-state index in [1.807, 2.05) is 18.2 Å². The number of nitriles is 1. The third kappa shape index (κ3) is 3.10. The molecule has 1 N–H and O–H groups in total. The van der Waals surface area contributed by atoms with Crippen LogP contribution in [0.1, 0.15) is 11.3 Å². The van der Waals surface area contributed by atoms with Crippen molar-refractivity contribution in [2.24, 2.45) is 0 Å². The average Bonchev–Trinajstić information content (AvgIpc) is 2.92. The second-order valence-electron chi connectivity index (χ2n) is 3.85. The van der Waals surface area contributed by atoms with Crippen LogP contribution >= 0.6 is 0 Å². The fraction of sp³-hybridized carbons (Fsp3) is 0.154. The molecule has 0 atom stereocenters. The van der Waals surface area contributed by atoms with Crippen LogP contribution in [0.2, 0.25) is 0 Å². The maximum atomic E-state index is 10.6. The molecule has 96 valence electrons. The summed E-state index contributed by atoms with van der Waals surface area (Å²) in [5.41, 5.74) is 0.751. The lowest BCUT2D eigenvalue weighted by atomic mass is 10.1. The molecule has 0 amide bonds. The minimum absolute atomic E-state index is 0.0897. The molecule has 1 heterocycles. The summed E-state index contributed by atoms with van der Waals surface area (Å²) in [4.78, 5) is 10.1. The van der Waals surface area contributed by atoms with Gasteiger partial charge in [-0.15, -0.1) is 0 Å². The van der Waals surface area contributed by atoms with E-state index in [0.717, 1.165) is 5.76 Å². The highest BCUT2D eigenvalue weighted by Gasteiger charge is 2.10. The summed E-state index contributed by atoms with van der Waals surface area (Å²) < 4.78 is 5.18. The van der Waals surface area contributed by atoms with Gasteiger partial charge in [-0.1, -0.05) is 0 Å². The first kappa shape index (κ1) is 12.6. The number of furan rings is 1. The van der Waals surface area contributed by atoms with Gasteiger partial charge in [0.05, 0.1) is 22.4 Å². The maximum absolute atomic E-state index is 10.6. The van der Waals surface area contributed by atoms with E-state index in [2.05, 4.69) is 5.32 Å². The van der Waals surface area contributed by atoms with Crippen molar-refractivity contribution in [1.29, 1.82) is 5.26 Å². The van der Waals surface area contributed by atoms with Gasteiger partial charge in [-0.05, 0) is 18.2 Å². The molecule has 0 spiro atoms. The minimum atomic E-state index is -0.520. The zero-order valence-corrected chi connectivity index (χ0v) is 10.00. The van der Waals surface area contributed by atoms with Crippen molar-refractivity contribution >= 4 is 11.4 Å². The molecule has 0 bridgehead atoms. The normalized spacial score (nSPS) is 9.84. The smallest absolute Gasteiger partial charge is 0.270 e. The SMILES string of the molecule is N#Cc1cc([N+](=O)[O-])ccc1NCCc1ccco1. The highest BCUT2D eigenvalue weighted by atomic mass is 16.6. The molecule has 0 fully saturated rings. The molecule has 1 aromatic heterocycles. The number of hydrogen-bond donors (Lipinski definition) is 1. The molecular weight excluding hydrogens is 246 g/mol. The van der Waals surface area contributed by atoms with Crippen LogP contribution in [0, 0.1) is 21.4 Å². The van der Waals surface area contributed by atoms with E-state index in [9.17, 15) is 10.1 Å². The lowest BCUT2D eigenvalue weighted by Gasteiger charge is -2.06. The topological polar surface area (TPSA) is 92.1 Å². The molecule has 2 aromatic rings. The van der Waals surface area contributed by atoms with Crippen molar-refractivity contribution in [3.05, 3.63) is 58.0 Å². The van der Waals surface area contributed by atoms with Crippen molar-refractivity contribution in [2.75, 3.05) is 11.9 Å². The van der Waals surface area contributed by atoms with Crippen molar-refractivity contribution in [2.45, 2.75) is 6.42 Å². The maximum Gasteiger partial charge on any atom is 0.270 e. The van der Waals surface area contributed by atoms with E-state index in [0.29, 0.717) is 18.7 Å². The van der Waals surface area contributed by atoms with E-state index in [1.54, 1.807) is 12.3 Å². The van der Waals surface area contributed by atoms with Gasteiger partial charge in [-0.25, -0.2) is 0 Å². The molecule has 0 aliphatic carbocycles. The highest BCUT2D eigenvalue weighted by molar-refractivity contribution is 5.61. The van der Waals surface area contributed by atoms with Gasteiger partial charge in [0.2, 0.25) is 0 Å². The van der Waals surface area contributed by atoms with Crippen LogP contribution in [-0.4, -0.2) is 11.5 Å². The average molecular weight is 257 g/mol. The molecule has 0 aliphatic heterocycles. The van der Waals surface area contributed by atoms with Crippen LogP contribution in [0.15, 0.2) is 41.0 Å². The number of benzene rings is 1. The first-order valence-corrected chi connectivity index (χ1v) is 5.65. The predicted octanol–water partition coefficient (Wildman–Crippen LogP) is 2.71. The van der Waals surface area contributed by atoms with E-state index in [1.165, 1.54) is 12.1 Å². The van der Waals surface area contributed by atoms with Gasteiger partial charge in [0.25, 0.3) is 5.69 Å². The van der Waals surface area contributed by atoms with Crippen molar-refractivity contribution < 1.29 is 9.34 Å². The second kappa shape index (κ2) is 5.69. The molecule has 6 nitrogen and oxygen atoms in total. The minimum Gasteiger partial charge on any atom is -0.469 e. The van der Waals surface area contributed by atoms with E-state index in [4.69, 9.17) is 9.68 Å². The zero-order valence-electron chi connectivity index (χ0n) is 10.00. The summed E-state index contributed by atoms with van der Waals surface area (Å²) in [5.74, 6) is 0.841. The Morgan fingerprint density at radius 3 is 2.89 bits per heavy atom. The van der Waals surface area contributed by atoms with E-state index >= 15 is 0 Å². The molecule has 0 saturated heterocycles. The molecule has 19 heavy (non-hydrogen) atoms. The first-order chi connectivity index (χ1) is 9.20. The Hall–Kier alpha value is -2.81. The summed E-state index contributed by atoms with van der Waals surface area (Å²) in [5, 5.41) is 22.7. The van der Waals surface area contributed by atoms with Gasteiger partial charge in [0.1, 0.15) is 11.8 Å². The number of nitro benzene ring substituents is 1. The molecule has 6 heteroatoms. The second-order valence-corrected chi connectivity index (χ2v) is 3.85. The van der Waals surface area contributed by atoms with Crippen LogP contribution in [-0.2, 0) is 6.42 Å². The quantitative estimate of drug-likeness (QED) is 0.656. The molecule has 0 unspecified atom stereocenters. The van der Waals surface area contributed by atoms with Crippen LogP contribution in [0.3, 0.4) is 0 Å². The fourth-order valence-corrected chi connectivity index (χ4v) is 1.67. The Balaban J connectivity index is 2.04.